The molecule has 4 aliphatic carbocycles. The lowest BCUT2D eigenvalue weighted by Crippen LogP contribution is -2.57. The summed E-state index contributed by atoms with van der Waals surface area (Å²) in [6, 6.07) is 0. The molecule has 2 nitrogen and oxygen atoms in total. The second kappa shape index (κ2) is 6.01. The predicted octanol–water partition coefficient (Wildman–Crippen LogP) is 4.80. The molecule has 4 rings (SSSR count). The van der Waals surface area contributed by atoms with Gasteiger partial charge in [0.2, 0.25) is 0 Å². The third-order valence-corrected chi connectivity index (χ3v) is 8.98. The largest absolute Gasteiger partial charge is 0.392 e. The van der Waals surface area contributed by atoms with Crippen LogP contribution in [0.25, 0.3) is 0 Å². The normalized spacial score (nSPS) is 52.7. The molecule has 0 amide bonds. The Morgan fingerprint density at radius 1 is 0.962 bits per heavy atom. The summed E-state index contributed by atoms with van der Waals surface area (Å²) in [5.41, 5.74) is -0.0234. The topological polar surface area (TPSA) is 40.5 Å². The zero-order valence-electron chi connectivity index (χ0n) is 16.2. The van der Waals surface area contributed by atoms with Crippen molar-refractivity contribution in [1.82, 2.24) is 0 Å². The fraction of sp³-hybridized carbons (Fsp3) is 0.909. The third-order valence-electron chi connectivity index (χ3n) is 8.98. The van der Waals surface area contributed by atoms with Crippen LogP contribution in [0.1, 0.15) is 65.2 Å². The molecule has 0 radical (unpaired) electrons. The Morgan fingerprint density at radius 2 is 1.65 bits per heavy atom. The number of rotatable bonds is 2. The molecule has 4 heteroatoms. The van der Waals surface area contributed by atoms with Crippen LogP contribution in [0.2, 0.25) is 0 Å². The number of fused-ring (bicyclic) bond motifs is 5. The quantitative estimate of drug-likeness (QED) is 0.688. The summed E-state index contributed by atoms with van der Waals surface area (Å²) in [4.78, 5) is 0. The summed E-state index contributed by atoms with van der Waals surface area (Å²) in [5, 5.41) is 20.0. The van der Waals surface area contributed by atoms with E-state index < -0.39 is 17.4 Å². The molecule has 4 aliphatic rings. The Hall–Kier alpha value is -0.480. The Balaban J connectivity index is 1.63. The van der Waals surface area contributed by atoms with Crippen molar-refractivity contribution >= 4 is 0 Å². The van der Waals surface area contributed by atoms with Gasteiger partial charge in [-0.05, 0) is 92.4 Å². The number of halogens is 2. The summed E-state index contributed by atoms with van der Waals surface area (Å²) in [6.45, 7) is 8.08. The van der Waals surface area contributed by atoms with E-state index in [1.807, 2.05) is 0 Å². The maximum Gasteiger partial charge on any atom is 0.251 e. The molecule has 0 heterocycles. The smallest absolute Gasteiger partial charge is 0.251 e. The minimum Gasteiger partial charge on any atom is -0.392 e. The summed E-state index contributed by atoms with van der Waals surface area (Å²) in [7, 11) is 0. The fourth-order valence-electron chi connectivity index (χ4n) is 7.77. The zero-order valence-corrected chi connectivity index (χ0v) is 16.2. The van der Waals surface area contributed by atoms with Crippen LogP contribution in [0.5, 0.6) is 0 Å². The molecular formula is C22H34F2O2. The van der Waals surface area contributed by atoms with Gasteiger partial charge in [-0.3, -0.25) is 0 Å². The SMILES string of the molecule is C=C(CO)[C@H]1CC[C@H]2[C@@H]3CC(F)(F)[C@@H]4C[C@](C)(O)CC[C@@H]4[C@H]3CC[C@]12C. The van der Waals surface area contributed by atoms with Crippen molar-refractivity contribution in [2.24, 2.45) is 40.9 Å². The lowest BCUT2D eigenvalue weighted by molar-refractivity contribution is -0.209. The van der Waals surface area contributed by atoms with Crippen molar-refractivity contribution < 1.29 is 19.0 Å². The van der Waals surface area contributed by atoms with Crippen LogP contribution in [0, 0.1) is 40.9 Å². The number of hydrogen-bond donors (Lipinski definition) is 2. The van der Waals surface area contributed by atoms with Gasteiger partial charge in [-0.1, -0.05) is 13.5 Å². The van der Waals surface area contributed by atoms with Crippen LogP contribution in [-0.4, -0.2) is 28.3 Å². The first kappa shape index (κ1) is 18.9. The second-order valence-corrected chi connectivity index (χ2v) is 10.4. The highest BCUT2D eigenvalue weighted by Gasteiger charge is 2.63. The summed E-state index contributed by atoms with van der Waals surface area (Å²) >= 11 is 0. The molecule has 0 aromatic rings. The van der Waals surface area contributed by atoms with Gasteiger partial charge in [0.25, 0.3) is 5.92 Å². The molecule has 0 spiro atoms. The number of alkyl halides is 2. The van der Waals surface area contributed by atoms with Gasteiger partial charge in [-0.2, -0.15) is 0 Å². The highest BCUT2D eigenvalue weighted by atomic mass is 19.3. The van der Waals surface area contributed by atoms with Crippen molar-refractivity contribution in [1.29, 1.82) is 0 Å². The highest BCUT2D eigenvalue weighted by Crippen LogP contribution is 2.67. The number of hydrogen-bond acceptors (Lipinski definition) is 2. The Morgan fingerprint density at radius 3 is 2.35 bits per heavy atom. The molecule has 0 saturated heterocycles. The lowest BCUT2D eigenvalue weighted by atomic mass is 9.48. The second-order valence-electron chi connectivity index (χ2n) is 10.4. The van der Waals surface area contributed by atoms with Crippen LogP contribution < -0.4 is 0 Å². The van der Waals surface area contributed by atoms with E-state index >= 15 is 8.78 Å². The maximum atomic E-state index is 15.2. The Kier molecular flexibility index (Phi) is 4.36. The van der Waals surface area contributed by atoms with Gasteiger partial charge < -0.3 is 10.2 Å². The summed E-state index contributed by atoms with van der Waals surface area (Å²) in [5.74, 6) is -2.18. The molecule has 0 aromatic carbocycles. The first-order valence-corrected chi connectivity index (χ1v) is 10.5. The molecule has 0 aliphatic heterocycles. The van der Waals surface area contributed by atoms with E-state index in [1.54, 1.807) is 6.92 Å². The molecular weight excluding hydrogens is 334 g/mol. The average Bonchev–Trinajstić information content (AvgIpc) is 2.91. The van der Waals surface area contributed by atoms with Crippen LogP contribution in [0.3, 0.4) is 0 Å². The monoisotopic (exact) mass is 368 g/mol. The molecule has 26 heavy (non-hydrogen) atoms. The minimum atomic E-state index is -2.67. The van der Waals surface area contributed by atoms with Crippen molar-refractivity contribution in [2.75, 3.05) is 6.61 Å². The third kappa shape index (κ3) is 2.70. The molecule has 2 N–H and O–H groups in total. The van der Waals surface area contributed by atoms with Crippen LogP contribution in [0.4, 0.5) is 8.78 Å². The van der Waals surface area contributed by atoms with Gasteiger partial charge in [0.05, 0.1) is 12.2 Å². The van der Waals surface area contributed by atoms with Gasteiger partial charge in [0, 0.05) is 12.3 Å². The first-order chi connectivity index (χ1) is 12.1. The van der Waals surface area contributed by atoms with Gasteiger partial charge in [0.1, 0.15) is 0 Å². The Labute approximate surface area is 156 Å². The van der Waals surface area contributed by atoms with E-state index in [2.05, 4.69) is 13.5 Å². The van der Waals surface area contributed by atoms with Gasteiger partial charge in [-0.25, -0.2) is 8.78 Å². The first-order valence-electron chi connectivity index (χ1n) is 10.5. The molecule has 4 saturated carbocycles. The molecule has 0 unspecified atom stereocenters. The van der Waals surface area contributed by atoms with E-state index in [0.717, 1.165) is 37.7 Å². The molecule has 8 atom stereocenters. The predicted molar refractivity (Wildman–Crippen MR) is 97.8 cm³/mol. The van der Waals surface area contributed by atoms with E-state index in [1.165, 1.54) is 0 Å². The van der Waals surface area contributed by atoms with E-state index in [0.29, 0.717) is 18.3 Å². The van der Waals surface area contributed by atoms with Crippen molar-refractivity contribution in [3.63, 3.8) is 0 Å². The van der Waals surface area contributed by atoms with E-state index in [9.17, 15) is 10.2 Å². The average molecular weight is 369 g/mol. The maximum absolute atomic E-state index is 15.2. The summed E-state index contributed by atoms with van der Waals surface area (Å²) < 4.78 is 30.4. The zero-order chi connectivity index (χ0) is 18.9. The summed E-state index contributed by atoms with van der Waals surface area (Å²) in [6.07, 6.45) is 5.70. The van der Waals surface area contributed by atoms with Crippen molar-refractivity contribution in [2.45, 2.75) is 76.7 Å². The standard InChI is InChI=1S/C22H34F2O2/c1-13(12-25)17-4-5-18-16-10-22(23,24)19-11-20(2,26)8-6-15(19)14(16)7-9-21(17,18)3/h14-19,25-26H,1,4-12H2,2-3H3/t14-,15-,16-,17-,18+,19-,20-,21-/m1/s1. The lowest BCUT2D eigenvalue weighted by Gasteiger charge is -2.58. The van der Waals surface area contributed by atoms with Crippen molar-refractivity contribution in [3.05, 3.63) is 12.2 Å². The number of aliphatic hydroxyl groups excluding tert-OH is 1. The van der Waals surface area contributed by atoms with Crippen molar-refractivity contribution in [3.8, 4) is 0 Å². The van der Waals surface area contributed by atoms with Crippen LogP contribution in [0.15, 0.2) is 12.2 Å². The fourth-order valence-corrected chi connectivity index (χ4v) is 7.77. The van der Waals surface area contributed by atoms with E-state index in [4.69, 9.17) is 0 Å². The molecule has 148 valence electrons. The minimum absolute atomic E-state index is 0.00646. The van der Waals surface area contributed by atoms with Crippen LogP contribution >= 0.6 is 0 Å². The molecule has 0 aromatic heterocycles. The molecule has 0 bridgehead atoms. The molecule has 4 fully saturated rings. The van der Waals surface area contributed by atoms with Gasteiger partial charge in [0.15, 0.2) is 0 Å². The van der Waals surface area contributed by atoms with Gasteiger partial charge >= 0.3 is 0 Å². The van der Waals surface area contributed by atoms with Gasteiger partial charge in [-0.15, -0.1) is 0 Å². The Bertz CT molecular complexity index is 587. The number of aliphatic hydroxyl groups is 2. The van der Waals surface area contributed by atoms with E-state index in [-0.39, 0.29) is 42.6 Å². The highest BCUT2D eigenvalue weighted by molar-refractivity contribution is 5.16. The van der Waals surface area contributed by atoms with Crippen LogP contribution in [-0.2, 0) is 0 Å².